The summed E-state index contributed by atoms with van der Waals surface area (Å²) in [6, 6.07) is 14.7. The lowest BCUT2D eigenvalue weighted by molar-refractivity contribution is -0.115. The Bertz CT molecular complexity index is 1320. The lowest BCUT2D eigenvalue weighted by Crippen LogP contribution is -2.19. The number of benzene rings is 3. The van der Waals surface area contributed by atoms with Crippen molar-refractivity contribution in [2.45, 2.75) is 6.61 Å². The molecule has 1 amide bonds. The van der Waals surface area contributed by atoms with Crippen molar-refractivity contribution in [3.8, 4) is 11.5 Å². The molecule has 0 spiro atoms. The van der Waals surface area contributed by atoms with Crippen LogP contribution in [-0.4, -0.2) is 18.2 Å². The fourth-order valence-corrected chi connectivity index (χ4v) is 4.96. The van der Waals surface area contributed by atoms with Crippen molar-refractivity contribution in [2.75, 3.05) is 7.11 Å². The SMILES string of the molecule is COc1cc(/C=C2/SC(=Nc3ccc(F)cc3)NC2=O)cc(I)c1OCc1ccc(Cl)c(Cl)c1. The summed E-state index contributed by atoms with van der Waals surface area (Å²) in [5, 5.41) is 4.09. The monoisotopic (exact) mass is 628 g/mol. The van der Waals surface area contributed by atoms with Gasteiger partial charge in [-0.1, -0.05) is 29.3 Å². The van der Waals surface area contributed by atoms with E-state index in [1.54, 1.807) is 43.5 Å². The molecule has 0 bridgehead atoms. The number of thioether (sulfide) groups is 1. The molecule has 4 rings (SSSR count). The summed E-state index contributed by atoms with van der Waals surface area (Å²) in [5.41, 5.74) is 2.18. The van der Waals surface area contributed by atoms with E-state index < -0.39 is 0 Å². The molecule has 34 heavy (non-hydrogen) atoms. The van der Waals surface area contributed by atoms with E-state index in [-0.39, 0.29) is 18.3 Å². The maximum Gasteiger partial charge on any atom is 0.264 e. The summed E-state index contributed by atoms with van der Waals surface area (Å²) in [4.78, 5) is 17.3. The number of halogens is 4. The Morgan fingerprint density at radius 3 is 2.59 bits per heavy atom. The van der Waals surface area contributed by atoms with Crippen molar-refractivity contribution in [3.05, 3.63) is 90.1 Å². The number of amidine groups is 1. The van der Waals surface area contributed by atoms with Gasteiger partial charge in [0.05, 0.1) is 31.3 Å². The maximum absolute atomic E-state index is 13.1. The number of methoxy groups -OCH3 is 1. The summed E-state index contributed by atoms with van der Waals surface area (Å²) in [5.74, 6) is 0.501. The Kier molecular flexibility index (Phi) is 8.02. The van der Waals surface area contributed by atoms with E-state index in [4.69, 9.17) is 32.7 Å². The second-order valence-electron chi connectivity index (χ2n) is 7.03. The van der Waals surface area contributed by atoms with Crippen LogP contribution < -0.4 is 14.8 Å². The molecule has 1 N–H and O–H groups in total. The van der Waals surface area contributed by atoms with E-state index >= 15 is 0 Å². The summed E-state index contributed by atoms with van der Waals surface area (Å²) in [7, 11) is 1.55. The van der Waals surface area contributed by atoms with Crippen LogP contribution in [-0.2, 0) is 11.4 Å². The number of aliphatic imine (C=N–C) groups is 1. The molecule has 1 saturated heterocycles. The van der Waals surface area contributed by atoms with Crippen molar-refractivity contribution in [2.24, 2.45) is 4.99 Å². The Balaban J connectivity index is 1.53. The summed E-state index contributed by atoms with van der Waals surface area (Å²) < 4.78 is 25.4. The van der Waals surface area contributed by atoms with Crippen LogP contribution in [0.25, 0.3) is 6.08 Å². The smallest absolute Gasteiger partial charge is 0.264 e. The molecule has 3 aromatic carbocycles. The minimum atomic E-state index is -0.347. The minimum absolute atomic E-state index is 0.264. The molecule has 1 fully saturated rings. The van der Waals surface area contributed by atoms with Gasteiger partial charge >= 0.3 is 0 Å². The maximum atomic E-state index is 13.1. The predicted molar refractivity (Wildman–Crippen MR) is 144 cm³/mol. The van der Waals surface area contributed by atoms with Crippen LogP contribution in [0.4, 0.5) is 10.1 Å². The number of carbonyl (C=O) groups is 1. The topological polar surface area (TPSA) is 59.9 Å². The Labute approximate surface area is 223 Å². The fraction of sp³-hybridized carbons (Fsp3) is 0.0833. The number of rotatable bonds is 6. The zero-order valence-corrected chi connectivity index (χ0v) is 22.1. The number of amides is 1. The molecule has 1 heterocycles. The molecule has 0 aliphatic carbocycles. The highest BCUT2D eigenvalue weighted by atomic mass is 127. The van der Waals surface area contributed by atoms with Gasteiger partial charge in [-0.25, -0.2) is 9.38 Å². The van der Waals surface area contributed by atoms with Gasteiger partial charge in [-0.15, -0.1) is 0 Å². The van der Waals surface area contributed by atoms with Gasteiger partial charge in [0.15, 0.2) is 16.7 Å². The quantitative estimate of drug-likeness (QED) is 0.231. The third-order valence-electron chi connectivity index (χ3n) is 4.62. The molecular formula is C24H16Cl2FIN2O3S. The molecule has 0 radical (unpaired) electrons. The van der Waals surface area contributed by atoms with Gasteiger partial charge in [-0.2, -0.15) is 0 Å². The highest BCUT2D eigenvalue weighted by Gasteiger charge is 2.24. The van der Waals surface area contributed by atoms with E-state index in [9.17, 15) is 9.18 Å². The van der Waals surface area contributed by atoms with Crippen LogP contribution >= 0.6 is 57.6 Å². The second kappa shape index (κ2) is 11.0. The molecule has 10 heteroatoms. The minimum Gasteiger partial charge on any atom is -0.493 e. The van der Waals surface area contributed by atoms with Crippen LogP contribution in [0.2, 0.25) is 10.0 Å². The van der Waals surface area contributed by atoms with Gasteiger partial charge in [-0.05, 0) is 100 Å². The van der Waals surface area contributed by atoms with Crippen LogP contribution in [0.1, 0.15) is 11.1 Å². The van der Waals surface area contributed by atoms with Crippen molar-refractivity contribution in [1.29, 1.82) is 0 Å². The average Bonchev–Trinajstić information content (AvgIpc) is 3.15. The first-order valence-corrected chi connectivity index (χ1v) is 12.5. The van der Waals surface area contributed by atoms with E-state index in [2.05, 4.69) is 32.9 Å². The van der Waals surface area contributed by atoms with Crippen LogP contribution in [0.15, 0.2) is 64.5 Å². The van der Waals surface area contributed by atoms with Crippen molar-refractivity contribution in [3.63, 3.8) is 0 Å². The summed E-state index contributed by atoms with van der Waals surface area (Å²) >= 11 is 15.4. The predicted octanol–water partition coefficient (Wildman–Crippen LogP) is 7.22. The molecule has 0 aromatic heterocycles. The zero-order chi connectivity index (χ0) is 24.2. The molecule has 3 aromatic rings. The Morgan fingerprint density at radius 2 is 1.88 bits per heavy atom. The zero-order valence-electron chi connectivity index (χ0n) is 17.6. The van der Waals surface area contributed by atoms with Gasteiger partial charge in [0.25, 0.3) is 5.91 Å². The van der Waals surface area contributed by atoms with Crippen molar-refractivity contribution >= 4 is 80.4 Å². The van der Waals surface area contributed by atoms with E-state index in [0.29, 0.717) is 37.3 Å². The fourth-order valence-electron chi connectivity index (χ4n) is 3.01. The molecule has 5 nitrogen and oxygen atoms in total. The number of nitrogens with zero attached hydrogens (tertiary/aromatic N) is 1. The number of nitrogens with one attached hydrogen (secondary N) is 1. The number of hydrogen-bond acceptors (Lipinski definition) is 5. The number of carbonyl (C=O) groups excluding carboxylic acids is 1. The van der Waals surface area contributed by atoms with E-state index in [0.717, 1.165) is 14.7 Å². The Morgan fingerprint density at radius 1 is 1.12 bits per heavy atom. The van der Waals surface area contributed by atoms with Gasteiger partial charge in [0.1, 0.15) is 12.4 Å². The average molecular weight is 629 g/mol. The third kappa shape index (κ3) is 6.04. The first-order valence-electron chi connectivity index (χ1n) is 9.82. The van der Waals surface area contributed by atoms with Crippen LogP contribution in [0.5, 0.6) is 11.5 Å². The second-order valence-corrected chi connectivity index (χ2v) is 10.0. The highest BCUT2D eigenvalue weighted by molar-refractivity contribution is 14.1. The Hall–Kier alpha value is -2.27. The van der Waals surface area contributed by atoms with E-state index in [1.165, 1.54) is 23.9 Å². The largest absolute Gasteiger partial charge is 0.493 e. The third-order valence-corrected chi connectivity index (χ3v) is 7.08. The van der Waals surface area contributed by atoms with Crippen LogP contribution in [0, 0.1) is 9.39 Å². The van der Waals surface area contributed by atoms with Gasteiger partial charge in [0, 0.05) is 0 Å². The molecular weight excluding hydrogens is 613 g/mol. The first kappa shape index (κ1) is 24.8. The van der Waals surface area contributed by atoms with Gasteiger partial charge < -0.3 is 14.8 Å². The molecule has 0 atom stereocenters. The van der Waals surface area contributed by atoms with Crippen molar-refractivity contribution < 1.29 is 18.7 Å². The molecule has 1 aliphatic heterocycles. The molecule has 1 aliphatic rings. The highest BCUT2D eigenvalue weighted by Crippen LogP contribution is 2.37. The standard InChI is InChI=1S/C24H16Cl2FIN2O3S/c1-32-20-10-14(9-19(28)22(20)33-12-13-2-7-17(25)18(26)8-13)11-21-23(31)30-24(34-21)29-16-5-3-15(27)4-6-16/h2-11H,12H2,1H3,(H,29,30,31)/b21-11+. The van der Waals surface area contributed by atoms with Crippen molar-refractivity contribution in [1.82, 2.24) is 5.32 Å². The number of hydrogen-bond donors (Lipinski definition) is 1. The lowest BCUT2D eigenvalue weighted by Gasteiger charge is -2.14. The molecule has 0 saturated carbocycles. The van der Waals surface area contributed by atoms with Gasteiger partial charge in [-0.3, -0.25) is 4.79 Å². The molecule has 0 unspecified atom stereocenters. The summed E-state index contributed by atoms with van der Waals surface area (Å²) in [6.07, 6.45) is 1.75. The normalized spacial score (nSPS) is 15.6. The molecule has 174 valence electrons. The first-order chi connectivity index (χ1) is 16.3. The summed E-state index contributed by atoms with van der Waals surface area (Å²) in [6.45, 7) is 0.283. The van der Waals surface area contributed by atoms with Crippen LogP contribution in [0.3, 0.4) is 0 Å². The van der Waals surface area contributed by atoms with Gasteiger partial charge in [0.2, 0.25) is 0 Å². The lowest BCUT2D eigenvalue weighted by atomic mass is 10.2. The number of ether oxygens (including phenoxy) is 2. The van der Waals surface area contributed by atoms with E-state index in [1.807, 2.05) is 12.1 Å².